The number of benzene rings is 1. The Labute approximate surface area is 128 Å². The number of aliphatic hydroxyl groups excluding tert-OH is 3. The van der Waals surface area contributed by atoms with E-state index in [2.05, 4.69) is 5.32 Å². The van der Waals surface area contributed by atoms with Gasteiger partial charge in [-0.05, 0) is 5.56 Å². The molecule has 0 aliphatic carbocycles. The van der Waals surface area contributed by atoms with E-state index in [1.165, 1.54) is 6.92 Å². The Morgan fingerprint density at radius 3 is 2.55 bits per heavy atom. The van der Waals surface area contributed by atoms with Crippen LogP contribution in [0.2, 0.25) is 0 Å². The highest BCUT2D eigenvalue weighted by molar-refractivity contribution is 5.73. The highest BCUT2D eigenvalue weighted by Crippen LogP contribution is 2.23. The molecule has 122 valence electrons. The molecule has 0 aromatic heterocycles. The van der Waals surface area contributed by atoms with Gasteiger partial charge in [-0.1, -0.05) is 30.3 Å². The summed E-state index contributed by atoms with van der Waals surface area (Å²) in [6.07, 6.45) is -4.55. The molecule has 1 aliphatic rings. The summed E-state index contributed by atoms with van der Waals surface area (Å²) < 4.78 is 11.1. The van der Waals surface area contributed by atoms with Gasteiger partial charge in [-0.15, -0.1) is 0 Å². The van der Waals surface area contributed by atoms with Crippen LogP contribution in [0.1, 0.15) is 12.5 Å². The molecule has 1 aromatic rings. The summed E-state index contributed by atoms with van der Waals surface area (Å²) in [5.41, 5.74) is 0.897. The number of amides is 1. The topological polar surface area (TPSA) is 108 Å². The summed E-state index contributed by atoms with van der Waals surface area (Å²) in [6.45, 7) is 1.05. The van der Waals surface area contributed by atoms with Crippen molar-refractivity contribution < 1.29 is 29.6 Å². The smallest absolute Gasteiger partial charge is 0.217 e. The third-order valence-electron chi connectivity index (χ3n) is 3.51. The summed E-state index contributed by atoms with van der Waals surface area (Å²) in [6, 6.07) is 8.42. The van der Waals surface area contributed by atoms with Crippen LogP contribution in [-0.4, -0.2) is 58.5 Å². The van der Waals surface area contributed by atoms with Gasteiger partial charge in [-0.2, -0.15) is 0 Å². The Morgan fingerprint density at radius 1 is 1.27 bits per heavy atom. The average molecular weight is 311 g/mol. The fraction of sp³-hybridized carbons (Fsp3) is 0.533. The number of rotatable bonds is 5. The summed E-state index contributed by atoms with van der Waals surface area (Å²) in [5.74, 6) is -0.379. The van der Waals surface area contributed by atoms with Crippen molar-refractivity contribution in [1.29, 1.82) is 0 Å². The lowest BCUT2D eigenvalue weighted by Crippen LogP contribution is -2.64. The van der Waals surface area contributed by atoms with E-state index in [1.54, 1.807) is 0 Å². The Morgan fingerprint density at radius 2 is 1.95 bits per heavy atom. The van der Waals surface area contributed by atoms with Crippen molar-refractivity contribution in [3.63, 3.8) is 0 Å². The predicted octanol–water partition coefficient (Wildman–Crippen LogP) is -0.853. The van der Waals surface area contributed by atoms with Crippen LogP contribution >= 0.6 is 0 Å². The molecule has 5 atom stereocenters. The van der Waals surface area contributed by atoms with E-state index in [0.717, 1.165) is 5.56 Å². The summed E-state index contributed by atoms with van der Waals surface area (Å²) >= 11 is 0. The Bertz CT molecular complexity index is 482. The minimum absolute atomic E-state index is 0.211. The lowest BCUT2D eigenvalue weighted by Gasteiger charge is -2.42. The van der Waals surface area contributed by atoms with Crippen LogP contribution in [0, 0.1) is 0 Å². The second-order valence-corrected chi connectivity index (χ2v) is 5.23. The van der Waals surface area contributed by atoms with Crippen LogP contribution in [0.15, 0.2) is 30.3 Å². The first-order chi connectivity index (χ1) is 10.5. The Kier molecular flexibility index (Phi) is 5.87. The molecule has 22 heavy (non-hydrogen) atoms. The number of nitrogens with one attached hydrogen (secondary N) is 1. The van der Waals surface area contributed by atoms with E-state index in [0.29, 0.717) is 0 Å². The van der Waals surface area contributed by atoms with Crippen LogP contribution in [0.5, 0.6) is 0 Å². The van der Waals surface area contributed by atoms with Gasteiger partial charge in [0.05, 0.1) is 13.2 Å². The molecular weight excluding hydrogens is 290 g/mol. The molecule has 0 saturated carbocycles. The molecule has 2 rings (SSSR count). The van der Waals surface area contributed by atoms with E-state index < -0.39 is 37.3 Å². The maximum Gasteiger partial charge on any atom is 0.217 e. The number of carbonyl (C=O) groups excluding carboxylic acids is 1. The van der Waals surface area contributed by atoms with Gasteiger partial charge < -0.3 is 30.1 Å². The molecule has 0 bridgehead atoms. The monoisotopic (exact) mass is 311 g/mol. The van der Waals surface area contributed by atoms with Crippen LogP contribution in [-0.2, 0) is 20.9 Å². The van der Waals surface area contributed by atoms with Gasteiger partial charge in [-0.3, -0.25) is 4.79 Å². The molecule has 1 amide bonds. The van der Waals surface area contributed by atoms with Crippen LogP contribution < -0.4 is 5.32 Å². The molecular formula is C15H21NO6. The highest BCUT2D eigenvalue weighted by atomic mass is 16.7. The van der Waals surface area contributed by atoms with Crippen molar-refractivity contribution in [2.24, 2.45) is 0 Å². The second-order valence-electron chi connectivity index (χ2n) is 5.23. The van der Waals surface area contributed by atoms with Gasteiger partial charge in [0.15, 0.2) is 6.29 Å². The minimum Gasteiger partial charge on any atom is -0.394 e. The zero-order valence-corrected chi connectivity index (χ0v) is 12.3. The molecule has 3 unspecified atom stereocenters. The molecule has 1 saturated heterocycles. The van der Waals surface area contributed by atoms with Crippen molar-refractivity contribution in [1.82, 2.24) is 5.32 Å². The number of hydrogen-bond acceptors (Lipinski definition) is 6. The molecule has 0 radical (unpaired) electrons. The number of hydrogen-bond donors (Lipinski definition) is 4. The normalized spacial score (nSPS) is 31.7. The number of ether oxygens (including phenoxy) is 2. The zero-order chi connectivity index (χ0) is 16.1. The molecule has 7 nitrogen and oxygen atoms in total. The first-order valence-electron chi connectivity index (χ1n) is 7.08. The number of carbonyl (C=O) groups is 1. The first kappa shape index (κ1) is 16.9. The standard InChI is InChI=1S/C15H21NO6/c1-9(18)16-12-14(20)13(19)11(7-17)22-15(12)21-8-10-5-3-2-4-6-10/h2-6,11-15,17,19-20H,7-8H2,1H3,(H,16,18)/t11?,12?,13-,14?,15+/m1/s1. The maximum atomic E-state index is 11.3. The van der Waals surface area contributed by atoms with Crippen LogP contribution in [0.4, 0.5) is 0 Å². The molecule has 0 spiro atoms. The molecule has 1 fully saturated rings. The van der Waals surface area contributed by atoms with E-state index in [9.17, 15) is 20.1 Å². The van der Waals surface area contributed by atoms with Crippen molar-refractivity contribution in [3.8, 4) is 0 Å². The van der Waals surface area contributed by atoms with Gasteiger partial charge in [0.25, 0.3) is 0 Å². The second kappa shape index (κ2) is 7.66. The van der Waals surface area contributed by atoms with E-state index in [-0.39, 0.29) is 12.5 Å². The van der Waals surface area contributed by atoms with E-state index in [1.807, 2.05) is 30.3 Å². The van der Waals surface area contributed by atoms with E-state index >= 15 is 0 Å². The third-order valence-corrected chi connectivity index (χ3v) is 3.51. The largest absolute Gasteiger partial charge is 0.394 e. The lowest BCUT2D eigenvalue weighted by molar-refractivity contribution is -0.273. The molecule has 7 heteroatoms. The maximum absolute atomic E-state index is 11.3. The number of aliphatic hydroxyl groups is 3. The summed E-state index contributed by atoms with van der Waals surface area (Å²) in [7, 11) is 0. The van der Waals surface area contributed by atoms with E-state index in [4.69, 9.17) is 9.47 Å². The molecule has 1 aromatic carbocycles. The lowest BCUT2D eigenvalue weighted by atomic mass is 9.97. The zero-order valence-electron chi connectivity index (χ0n) is 12.3. The molecule has 1 aliphatic heterocycles. The average Bonchev–Trinajstić information content (AvgIpc) is 2.52. The van der Waals surface area contributed by atoms with Crippen molar-refractivity contribution in [2.45, 2.75) is 44.2 Å². The van der Waals surface area contributed by atoms with Gasteiger partial charge in [-0.25, -0.2) is 0 Å². The van der Waals surface area contributed by atoms with Crippen molar-refractivity contribution in [2.75, 3.05) is 6.61 Å². The van der Waals surface area contributed by atoms with Crippen molar-refractivity contribution >= 4 is 5.91 Å². The Hall–Kier alpha value is -1.51. The van der Waals surface area contributed by atoms with Crippen molar-refractivity contribution in [3.05, 3.63) is 35.9 Å². The van der Waals surface area contributed by atoms with Gasteiger partial charge in [0.2, 0.25) is 5.91 Å². The SMILES string of the molecule is CC(=O)NC1C(O)[C@H](O)C(CO)O[C@@H]1OCc1ccccc1. The fourth-order valence-corrected chi connectivity index (χ4v) is 2.37. The van der Waals surface area contributed by atoms with Crippen LogP contribution in [0.3, 0.4) is 0 Å². The van der Waals surface area contributed by atoms with Gasteiger partial charge in [0.1, 0.15) is 24.4 Å². The Balaban J connectivity index is 2.07. The first-order valence-corrected chi connectivity index (χ1v) is 7.08. The minimum atomic E-state index is -1.31. The third kappa shape index (κ3) is 4.02. The molecule has 4 N–H and O–H groups in total. The summed E-state index contributed by atoms with van der Waals surface area (Å²) in [5, 5.41) is 31.7. The highest BCUT2D eigenvalue weighted by Gasteiger charge is 2.45. The quantitative estimate of drug-likeness (QED) is 0.564. The van der Waals surface area contributed by atoms with Crippen LogP contribution in [0.25, 0.3) is 0 Å². The summed E-state index contributed by atoms with van der Waals surface area (Å²) in [4.78, 5) is 11.3. The van der Waals surface area contributed by atoms with Gasteiger partial charge in [0, 0.05) is 6.92 Å². The predicted molar refractivity (Wildman–Crippen MR) is 76.6 cm³/mol. The fourth-order valence-electron chi connectivity index (χ4n) is 2.37. The molecule has 1 heterocycles. The van der Waals surface area contributed by atoms with Gasteiger partial charge >= 0.3 is 0 Å².